The zero-order valence-corrected chi connectivity index (χ0v) is 15.5. The van der Waals surface area contributed by atoms with E-state index in [0.717, 1.165) is 32.6 Å². The van der Waals surface area contributed by atoms with Crippen LogP contribution in [0.2, 0.25) is 0 Å². The van der Waals surface area contributed by atoms with E-state index < -0.39 is 0 Å². The van der Waals surface area contributed by atoms with Gasteiger partial charge in [-0.05, 0) is 71.0 Å². The van der Waals surface area contributed by atoms with E-state index in [1.165, 1.54) is 16.5 Å². The van der Waals surface area contributed by atoms with Crippen molar-refractivity contribution in [3.8, 4) is 0 Å². The van der Waals surface area contributed by atoms with Crippen LogP contribution >= 0.6 is 15.9 Å². The summed E-state index contributed by atoms with van der Waals surface area (Å²) < 4.78 is 6.69. The first-order valence-electron chi connectivity index (χ1n) is 7.98. The van der Waals surface area contributed by atoms with Gasteiger partial charge in [-0.3, -0.25) is 0 Å². The van der Waals surface area contributed by atoms with Crippen molar-refractivity contribution in [1.82, 2.24) is 5.32 Å². The molecule has 2 nitrogen and oxygen atoms in total. The molecule has 0 spiro atoms. The number of nitrogens with one attached hydrogen (secondary N) is 1. The fraction of sp³-hybridized carbons (Fsp3) is 0.667. The smallest absolute Gasteiger partial charge is 0.0466 e. The molecule has 1 aromatic carbocycles. The molecule has 0 radical (unpaired) electrons. The molecule has 1 rings (SSSR count). The third kappa shape index (κ3) is 8.60. The third-order valence-corrected chi connectivity index (χ3v) is 4.27. The van der Waals surface area contributed by atoms with E-state index in [-0.39, 0.29) is 5.54 Å². The van der Waals surface area contributed by atoms with Gasteiger partial charge in [-0.15, -0.1) is 0 Å². The summed E-state index contributed by atoms with van der Waals surface area (Å²) in [7, 11) is 0. The van der Waals surface area contributed by atoms with E-state index in [1.54, 1.807) is 0 Å². The normalized spacial score (nSPS) is 13.4. The molecular formula is C18H30BrNO. The van der Waals surface area contributed by atoms with Crippen molar-refractivity contribution < 1.29 is 4.74 Å². The lowest BCUT2D eigenvalue weighted by molar-refractivity contribution is 0.138. The van der Waals surface area contributed by atoms with Crippen LogP contribution < -0.4 is 5.32 Å². The first-order valence-corrected chi connectivity index (χ1v) is 8.78. The monoisotopic (exact) mass is 355 g/mol. The molecule has 0 saturated carbocycles. The predicted octanol–water partition coefficient (Wildman–Crippen LogP) is 4.81. The molecule has 0 saturated heterocycles. The number of benzene rings is 1. The summed E-state index contributed by atoms with van der Waals surface area (Å²) in [5, 5.41) is 3.65. The van der Waals surface area contributed by atoms with Crippen molar-refractivity contribution in [3.63, 3.8) is 0 Å². The van der Waals surface area contributed by atoms with E-state index in [2.05, 4.69) is 73.2 Å². The van der Waals surface area contributed by atoms with Crippen LogP contribution in [0.15, 0.2) is 28.7 Å². The van der Waals surface area contributed by atoms with Gasteiger partial charge in [0, 0.05) is 23.2 Å². The minimum atomic E-state index is 0.173. The Morgan fingerprint density at radius 1 is 1.24 bits per heavy atom. The van der Waals surface area contributed by atoms with Crippen LogP contribution in [0.3, 0.4) is 0 Å². The molecule has 21 heavy (non-hydrogen) atoms. The Kier molecular flexibility index (Phi) is 8.53. The molecule has 0 aromatic heterocycles. The summed E-state index contributed by atoms with van der Waals surface area (Å²) in [6, 6.07) is 8.54. The molecule has 0 aliphatic carbocycles. The van der Waals surface area contributed by atoms with E-state index >= 15 is 0 Å². The molecule has 1 aromatic rings. The lowest BCUT2D eigenvalue weighted by Gasteiger charge is -2.26. The van der Waals surface area contributed by atoms with Gasteiger partial charge in [0.15, 0.2) is 0 Å². The highest BCUT2D eigenvalue weighted by molar-refractivity contribution is 9.10. The molecule has 0 heterocycles. The molecule has 0 aliphatic heterocycles. The highest BCUT2D eigenvalue weighted by atomic mass is 79.9. The Balaban J connectivity index is 2.56. The van der Waals surface area contributed by atoms with Crippen LogP contribution in [0.4, 0.5) is 0 Å². The van der Waals surface area contributed by atoms with Crippen molar-refractivity contribution >= 4 is 15.9 Å². The molecular weight excluding hydrogens is 326 g/mol. The Hall–Kier alpha value is -0.380. The molecule has 0 aliphatic rings. The zero-order chi connectivity index (χ0) is 15.7. The summed E-state index contributed by atoms with van der Waals surface area (Å²) >= 11 is 3.66. The summed E-state index contributed by atoms with van der Waals surface area (Å²) in [6.45, 7) is 11.5. The van der Waals surface area contributed by atoms with Gasteiger partial charge in [0.25, 0.3) is 0 Å². The second kappa shape index (κ2) is 9.60. The van der Waals surface area contributed by atoms with E-state index in [9.17, 15) is 0 Å². The van der Waals surface area contributed by atoms with Crippen molar-refractivity contribution in [2.24, 2.45) is 5.92 Å². The largest absolute Gasteiger partial charge is 0.382 e. The van der Waals surface area contributed by atoms with Gasteiger partial charge < -0.3 is 10.1 Å². The van der Waals surface area contributed by atoms with Crippen molar-refractivity contribution in [1.29, 1.82) is 0 Å². The average molecular weight is 356 g/mol. The van der Waals surface area contributed by atoms with Gasteiger partial charge >= 0.3 is 0 Å². The number of ether oxygens (including phenoxy) is 1. The van der Waals surface area contributed by atoms with Crippen LogP contribution in [0.25, 0.3) is 0 Å². The van der Waals surface area contributed by atoms with Crippen LogP contribution in [0.1, 0.15) is 46.1 Å². The highest BCUT2D eigenvalue weighted by Gasteiger charge is 2.15. The zero-order valence-electron chi connectivity index (χ0n) is 13.9. The Labute approximate surface area is 138 Å². The number of rotatable bonds is 9. The fourth-order valence-electron chi connectivity index (χ4n) is 2.32. The number of hydrogen-bond acceptors (Lipinski definition) is 2. The molecule has 1 unspecified atom stereocenters. The second-order valence-electron chi connectivity index (χ2n) is 6.63. The van der Waals surface area contributed by atoms with Gasteiger partial charge in [-0.25, -0.2) is 0 Å². The second-order valence-corrected chi connectivity index (χ2v) is 7.49. The molecule has 3 heteroatoms. The number of halogens is 1. The van der Waals surface area contributed by atoms with Crippen LogP contribution in [-0.2, 0) is 11.2 Å². The van der Waals surface area contributed by atoms with E-state index in [4.69, 9.17) is 4.74 Å². The van der Waals surface area contributed by atoms with Gasteiger partial charge in [0.1, 0.15) is 0 Å². The fourth-order valence-corrected chi connectivity index (χ4v) is 2.77. The topological polar surface area (TPSA) is 21.3 Å². The van der Waals surface area contributed by atoms with Gasteiger partial charge in [-0.2, -0.15) is 0 Å². The van der Waals surface area contributed by atoms with Gasteiger partial charge in [0.05, 0.1) is 0 Å². The SMILES string of the molecule is CCOCCCC(CNC(C)(C)C)Cc1ccccc1Br. The van der Waals surface area contributed by atoms with Gasteiger partial charge in [0.2, 0.25) is 0 Å². The van der Waals surface area contributed by atoms with Crippen LogP contribution in [-0.4, -0.2) is 25.3 Å². The first kappa shape index (κ1) is 18.7. The molecule has 1 atom stereocenters. The molecule has 1 N–H and O–H groups in total. The quantitative estimate of drug-likeness (QED) is 0.641. The van der Waals surface area contributed by atoms with E-state index in [0.29, 0.717) is 5.92 Å². The summed E-state index contributed by atoms with van der Waals surface area (Å²) in [6.07, 6.45) is 3.44. The molecule has 0 bridgehead atoms. The minimum absolute atomic E-state index is 0.173. The lowest BCUT2D eigenvalue weighted by Crippen LogP contribution is -2.39. The van der Waals surface area contributed by atoms with Crippen LogP contribution in [0.5, 0.6) is 0 Å². The first-order chi connectivity index (χ1) is 9.92. The lowest BCUT2D eigenvalue weighted by atomic mass is 9.93. The minimum Gasteiger partial charge on any atom is -0.382 e. The van der Waals surface area contributed by atoms with Gasteiger partial charge in [-0.1, -0.05) is 34.1 Å². The highest BCUT2D eigenvalue weighted by Crippen LogP contribution is 2.22. The maximum absolute atomic E-state index is 5.47. The Morgan fingerprint density at radius 2 is 1.95 bits per heavy atom. The maximum Gasteiger partial charge on any atom is 0.0466 e. The Morgan fingerprint density at radius 3 is 2.57 bits per heavy atom. The maximum atomic E-state index is 5.47. The third-order valence-electron chi connectivity index (χ3n) is 3.49. The summed E-state index contributed by atoms with van der Waals surface area (Å²) in [5.41, 5.74) is 1.57. The van der Waals surface area contributed by atoms with Crippen molar-refractivity contribution in [3.05, 3.63) is 34.3 Å². The number of hydrogen-bond donors (Lipinski definition) is 1. The average Bonchev–Trinajstić information content (AvgIpc) is 2.42. The van der Waals surface area contributed by atoms with Crippen molar-refractivity contribution in [2.75, 3.05) is 19.8 Å². The predicted molar refractivity (Wildman–Crippen MR) is 94.8 cm³/mol. The van der Waals surface area contributed by atoms with E-state index in [1.807, 2.05) is 0 Å². The summed E-state index contributed by atoms with van der Waals surface area (Å²) in [5.74, 6) is 0.642. The molecule has 0 amide bonds. The van der Waals surface area contributed by atoms with Crippen LogP contribution in [0, 0.1) is 5.92 Å². The molecule has 0 fully saturated rings. The summed E-state index contributed by atoms with van der Waals surface area (Å²) in [4.78, 5) is 0. The molecule has 120 valence electrons. The standard InChI is InChI=1S/C18H30BrNO/c1-5-21-12-8-9-15(14-20-18(2,3)4)13-16-10-6-7-11-17(16)19/h6-7,10-11,15,20H,5,8-9,12-14H2,1-4H3. The van der Waals surface area contributed by atoms with Crippen molar-refractivity contribution in [2.45, 2.75) is 52.5 Å². The Bertz CT molecular complexity index is 400.